The smallest absolute Gasteiger partial charge is 0.0375 e. The average molecular weight is 156 g/mol. The van der Waals surface area contributed by atoms with Gasteiger partial charge >= 0.3 is 0 Å². The first kappa shape index (κ1) is 8.82. The van der Waals surface area contributed by atoms with Crippen LogP contribution in [0.1, 0.15) is 0 Å². The fraction of sp³-hybridized carbons (Fsp3) is 0. The van der Waals surface area contributed by atoms with Crippen LogP contribution in [0.25, 0.3) is 10.4 Å². The van der Waals surface area contributed by atoms with E-state index in [0.29, 0.717) is 5.69 Å². The van der Waals surface area contributed by atoms with E-state index < -0.39 is 0 Å². The summed E-state index contributed by atoms with van der Waals surface area (Å²) < 4.78 is 0. The van der Waals surface area contributed by atoms with Gasteiger partial charge in [0.1, 0.15) is 0 Å². The van der Waals surface area contributed by atoms with Crippen molar-refractivity contribution in [3.63, 3.8) is 0 Å². The number of nitrogens with zero attached hydrogens (tertiary/aromatic N) is 3. The fourth-order valence-corrected chi connectivity index (χ4v) is 0.546. The number of azide groups is 1. The van der Waals surface area contributed by atoms with E-state index in [2.05, 4.69) is 10.0 Å². The zero-order valence-corrected chi connectivity index (χ0v) is 5.95. The summed E-state index contributed by atoms with van der Waals surface area (Å²) >= 11 is 0. The number of hydrogen-bond acceptors (Lipinski definition) is 1. The lowest BCUT2D eigenvalue weighted by molar-refractivity contribution is 1.48. The van der Waals surface area contributed by atoms with Crippen LogP contribution in [0.3, 0.4) is 0 Å². The summed E-state index contributed by atoms with van der Waals surface area (Å²) in [5.41, 5.74) is 8.63. The van der Waals surface area contributed by atoms with E-state index in [4.69, 9.17) is 5.53 Å². The predicted octanol–water partition coefficient (Wildman–Crippen LogP) is 3.05. The van der Waals surface area contributed by atoms with Crippen LogP contribution in [-0.4, -0.2) is 0 Å². The molecule has 0 atom stereocenters. The van der Waals surface area contributed by atoms with Crippen LogP contribution >= 0.6 is 12.4 Å². The number of hydrogen-bond donors (Lipinski definition) is 0. The summed E-state index contributed by atoms with van der Waals surface area (Å²) in [4.78, 5) is 2.63. The molecule has 3 nitrogen and oxygen atoms in total. The topological polar surface area (TPSA) is 48.8 Å². The molecule has 0 saturated heterocycles. The van der Waals surface area contributed by atoms with Gasteiger partial charge in [-0.1, -0.05) is 35.4 Å². The van der Waals surface area contributed by atoms with E-state index in [1.807, 2.05) is 18.2 Å². The SMILES string of the molecule is Cl.[N-]=[N+]=Nc1ccccc1. The molecular formula is C6H6ClN3. The minimum Gasteiger partial charge on any atom is -0.147 e. The van der Waals surface area contributed by atoms with Crippen molar-refractivity contribution in [1.29, 1.82) is 0 Å². The first-order chi connectivity index (χ1) is 4.43. The van der Waals surface area contributed by atoms with E-state index in [1.165, 1.54) is 0 Å². The highest BCUT2D eigenvalue weighted by Crippen LogP contribution is 2.08. The molecule has 0 aromatic heterocycles. The van der Waals surface area contributed by atoms with Gasteiger partial charge in [-0.3, -0.25) is 0 Å². The van der Waals surface area contributed by atoms with Gasteiger partial charge in [0.15, 0.2) is 0 Å². The number of rotatable bonds is 1. The van der Waals surface area contributed by atoms with Crippen molar-refractivity contribution < 1.29 is 0 Å². The molecule has 0 N–H and O–H groups in total. The lowest BCUT2D eigenvalue weighted by atomic mass is 10.3. The van der Waals surface area contributed by atoms with Crippen LogP contribution in [0.2, 0.25) is 0 Å². The molecule has 0 aliphatic carbocycles. The summed E-state index contributed by atoms with van der Waals surface area (Å²) in [7, 11) is 0. The molecule has 0 spiro atoms. The zero-order valence-electron chi connectivity index (χ0n) is 5.14. The van der Waals surface area contributed by atoms with E-state index in [-0.39, 0.29) is 12.4 Å². The Hall–Kier alpha value is -1.18. The normalized spacial score (nSPS) is 7.20. The molecular weight excluding hydrogens is 150 g/mol. The first-order valence-corrected chi connectivity index (χ1v) is 2.53. The minimum atomic E-state index is 0. The van der Waals surface area contributed by atoms with Crippen LogP contribution in [-0.2, 0) is 0 Å². The molecule has 1 aromatic rings. The van der Waals surface area contributed by atoms with E-state index in [0.717, 1.165) is 0 Å². The monoisotopic (exact) mass is 155 g/mol. The van der Waals surface area contributed by atoms with Crippen LogP contribution in [0, 0.1) is 0 Å². The Balaban J connectivity index is 0.000000810. The van der Waals surface area contributed by atoms with Gasteiger partial charge in [0.05, 0.1) is 0 Å². The largest absolute Gasteiger partial charge is 0.147 e. The molecule has 0 aliphatic rings. The quantitative estimate of drug-likeness (QED) is 0.340. The maximum absolute atomic E-state index is 7.98. The molecule has 0 unspecified atom stereocenters. The van der Waals surface area contributed by atoms with Crippen molar-refractivity contribution in [3.8, 4) is 0 Å². The predicted molar refractivity (Wildman–Crippen MR) is 42.5 cm³/mol. The van der Waals surface area contributed by atoms with Crippen molar-refractivity contribution in [3.05, 3.63) is 40.8 Å². The lowest BCUT2D eigenvalue weighted by Crippen LogP contribution is -1.56. The Morgan fingerprint density at radius 3 is 2.30 bits per heavy atom. The van der Waals surface area contributed by atoms with Crippen LogP contribution in [0.4, 0.5) is 5.69 Å². The Labute approximate surface area is 64.7 Å². The van der Waals surface area contributed by atoms with Gasteiger partial charge in [-0.2, -0.15) is 0 Å². The molecule has 52 valence electrons. The molecule has 10 heavy (non-hydrogen) atoms. The summed E-state index contributed by atoms with van der Waals surface area (Å²) in [5.74, 6) is 0. The van der Waals surface area contributed by atoms with Crippen LogP contribution < -0.4 is 0 Å². The van der Waals surface area contributed by atoms with Gasteiger partial charge in [-0.05, 0) is 5.53 Å². The van der Waals surface area contributed by atoms with E-state index in [9.17, 15) is 0 Å². The van der Waals surface area contributed by atoms with Gasteiger partial charge in [0.2, 0.25) is 0 Å². The van der Waals surface area contributed by atoms with Crippen LogP contribution in [0.5, 0.6) is 0 Å². The third kappa shape index (κ3) is 2.40. The van der Waals surface area contributed by atoms with E-state index in [1.54, 1.807) is 12.1 Å². The average Bonchev–Trinajstić information content (AvgIpc) is 1.91. The third-order valence-corrected chi connectivity index (χ3v) is 0.916. The standard InChI is InChI=1S/C6H5N3.ClH/c7-9-8-6-4-2-1-3-5-6;/h1-5H;1H. The van der Waals surface area contributed by atoms with Crippen molar-refractivity contribution in [2.75, 3.05) is 0 Å². The summed E-state index contributed by atoms with van der Waals surface area (Å²) in [6.45, 7) is 0. The molecule has 1 rings (SSSR count). The Bertz CT molecular complexity index is 228. The third-order valence-electron chi connectivity index (χ3n) is 0.916. The van der Waals surface area contributed by atoms with Gasteiger partial charge in [-0.15, -0.1) is 12.4 Å². The Morgan fingerprint density at radius 1 is 1.20 bits per heavy atom. The fourth-order valence-electron chi connectivity index (χ4n) is 0.546. The molecule has 0 radical (unpaired) electrons. The maximum Gasteiger partial charge on any atom is 0.0375 e. The van der Waals surface area contributed by atoms with Crippen molar-refractivity contribution in [2.24, 2.45) is 5.11 Å². The zero-order chi connectivity index (χ0) is 6.53. The summed E-state index contributed by atoms with van der Waals surface area (Å²) in [6.07, 6.45) is 0. The highest BCUT2D eigenvalue weighted by molar-refractivity contribution is 5.85. The van der Waals surface area contributed by atoms with Gasteiger partial charge in [0.25, 0.3) is 0 Å². The molecule has 0 heterocycles. The number of halogens is 1. The second-order valence-electron chi connectivity index (χ2n) is 1.52. The Kier molecular flexibility index (Phi) is 4.12. The lowest BCUT2D eigenvalue weighted by Gasteiger charge is -1.83. The van der Waals surface area contributed by atoms with Gasteiger partial charge in [-0.25, -0.2) is 0 Å². The highest BCUT2D eigenvalue weighted by Gasteiger charge is 1.78. The molecule has 0 aliphatic heterocycles. The second-order valence-corrected chi connectivity index (χ2v) is 1.52. The minimum absolute atomic E-state index is 0. The molecule has 1 aromatic carbocycles. The molecule has 4 heteroatoms. The van der Waals surface area contributed by atoms with Gasteiger partial charge < -0.3 is 0 Å². The summed E-state index contributed by atoms with van der Waals surface area (Å²) in [6, 6.07) is 9.02. The van der Waals surface area contributed by atoms with Crippen molar-refractivity contribution in [2.45, 2.75) is 0 Å². The van der Waals surface area contributed by atoms with Crippen molar-refractivity contribution >= 4 is 18.1 Å². The maximum atomic E-state index is 7.98. The van der Waals surface area contributed by atoms with E-state index >= 15 is 0 Å². The molecule has 0 amide bonds. The molecule has 0 fully saturated rings. The van der Waals surface area contributed by atoms with Gasteiger partial charge in [0, 0.05) is 10.6 Å². The second kappa shape index (κ2) is 4.68. The Morgan fingerprint density at radius 2 is 1.80 bits per heavy atom. The number of benzene rings is 1. The first-order valence-electron chi connectivity index (χ1n) is 2.53. The highest BCUT2D eigenvalue weighted by atomic mass is 35.5. The van der Waals surface area contributed by atoms with Crippen molar-refractivity contribution in [1.82, 2.24) is 0 Å². The van der Waals surface area contributed by atoms with Crippen LogP contribution in [0.15, 0.2) is 35.4 Å². The molecule has 0 saturated carbocycles. The molecule has 0 bridgehead atoms. The summed E-state index contributed by atoms with van der Waals surface area (Å²) in [5, 5.41) is 3.39.